The molecule has 0 fully saturated rings. The molecule has 18 heavy (non-hydrogen) atoms. The molecule has 1 aromatic rings. The van der Waals surface area contributed by atoms with Crippen LogP contribution in [-0.4, -0.2) is 18.2 Å². The van der Waals surface area contributed by atoms with Crippen LogP contribution >= 0.6 is 11.6 Å². The van der Waals surface area contributed by atoms with E-state index >= 15 is 0 Å². The third kappa shape index (κ3) is 3.89. The van der Waals surface area contributed by atoms with Crippen LogP contribution in [0.25, 0.3) is 0 Å². The average molecular weight is 270 g/mol. The minimum absolute atomic E-state index is 0.471. The van der Waals surface area contributed by atoms with E-state index in [4.69, 9.17) is 11.6 Å². The van der Waals surface area contributed by atoms with Crippen molar-refractivity contribution in [3.05, 3.63) is 28.8 Å². The Kier molecular flexibility index (Phi) is 5.48. The zero-order valence-electron chi connectivity index (χ0n) is 11.9. The van der Waals surface area contributed by atoms with E-state index in [2.05, 4.69) is 32.7 Å². The second-order valence-electron chi connectivity index (χ2n) is 5.47. The van der Waals surface area contributed by atoms with E-state index in [-0.39, 0.29) is 0 Å². The fraction of sp³-hybridized carbons (Fsp3) is 0.600. The molecular weight excluding hydrogens is 246 g/mol. The fourth-order valence-electron chi connectivity index (χ4n) is 2.17. The SMILES string of the molecule is CC(C)CC(C)N(C)c1ccc(C(C)O)c(Cl)c1. The second kappa shape index (κ2) is 6.44. The Morgan fingerprint density at radius 3 is 2.28 bits per heavy atom. The van der Waals surface area contributed by atoms with E-state index in [0.29, 0.717) is 17.0 Å². The van der Waals surface area contributed by atoms with Crippen molar-refractivity contribution in [2.24, 2.45) is 5.92 Å². The predicted molar refractivity (Wildman–Crippen MR) is 79.4 cm³/mol. The molecule has 1 aromatic carbocycles. The zero-order valence-corrected chi connectivity index (χ0v) is 12.7. The van der Waals surface area contributed by atoms with Gasteiger partial charge in [-0.1, -0.05) is 31.5 Å². The van der Waals surface area contributed by atoms with Gasteiger partial charge in [-0.15, -0.1) is 0 Å². The van der Waals surface area contributed by atoms with Crippen molar-refractivity contribution in [2.75, 3.05) is 11.9 Å². The van der Waals surface area contributed by atoms with Crippen LogP contribution in [0.2, 0.25) is 5.02 Å². The normalized spacial score (nSPS) is 14.7. The van der Waals surface area contributed by atoms with Gasteiger partial charge in [-0.05, 0) is 43.9 Å². The molecular formula is C15H24ClNO. The van der Waals surface area contributed by atoms with E-state index in [1.165, 1.54) is 0 Å². The molecule has 1 rings (SSSR count). The van der Waals surface area contributed by atoms with Crippen molar-refractivity contribution in [3.63, 3.8) is 0 Å². The highest BCUT2D eigenvalue weighted by molar-refractivity contribution is 6.31. The molecule has 3 heteroatoms. The second-order valence-corrected chi connectivity index (χ2v) is 5.88. The largest absolute Gasteiger partial charge is 0.389 e. The summed E-state index contributed by atoms with van der Waals surface area (Å²) in [6.07, 6.45) is 0.622. The first-order chi connectivity index (χ1) is 8.32. The summed E-state index contributed by atoms with van der Waals surface area (Å²) in [5.74, 6) is 0.676. The number of rotatable bonds is 5. The predicted octanol–water partition coefficient (Wildman–Crippen LogP) is 4.26. The molecule has 0 aliphatic rings. The molecule has 1 N–H and O–H groups in total. The van der Waals surface area contributed by atoms with E-state index in [1.807, 2.05) is 18.2 Å². The summed E-state index contributed by atoms with van der Waals surface area (Å²) in [5.41, 5.74) is 1.88. The molecule has 0 saturated carbocycles. The summed E-state index contributed by atoms with van der Waals surface area (Å²) in [7, 11) is 2.08. The van der Waals surface area contributed by atoms with Crippen LogP contribution in [0.1, 0.15) is 45.8 Å². The highest BCUT2D eigenvalue weighted by Crippen LogP contribution is 2.28. The average Bonchev–Trinajstić information content (AvgIpc) is 2.26. The first kappa shape index (κ1) is 15.3. The summed E-state index contributed by atoms with van der Waals surface area (Å²) in [4.78, 5) is 2.23. The monoisotopic (exact) mass is 269 g/mol. The topological polar surface area (TPSA) is 23.5 Å². The smallest absolute Gasteiger partial charge is 0.0776 e. The number of hydrogen-bond donors (Lipinski definition) is 1. The van der Waals surface area contributed by atoms with Gasteiger partial charge in [-0.3, -0.25) is 0 Å². The first-order valence-electron chi connectivity index (χ1n) is 6.53. The lowest BCUT2D eigenvalue weighted by Crippen LogP contribution is -2.30. The van der Waals surface area contributed by atoms with Gasteiger partial charge in [0.05, 0.1) is 6.10 Å². The first-order valence-corrected chi connectivity index (χ1v) is 6.91. The van der Waals surface area contributed by atoms with Gasteiger partial charge in [0.15, 0.2) is 0 Å². The lowest BCUT2D eigenvalue weighted by Gasteiger charge is -2.29. The highest BCUT2D eigenvalue weighted by Gasteiger charge is 2.14. The van der Waals surface area contributed by atoms with Gasteiger partial charge in [0.2, 0.25) is 0 Å². The number of benzene rings is 1. The maximum absolute atomic E-state index is 9.56. The minimum atomic E-state index is -0.523. The summed E-state index contributed by atoms with van der Waals surface area (Å²) < 4.78 is 0. The number of halogens is 1. The molecule has 0 radical (unpaired) electrons. The summed E-state index contributed by atoms with van der Waals surface area (Å²) in [6, 6.07) is 6.32. The molecule has 102 valence electrons. The molecule has 0 amide bonds. The van der Waals surface area contributed by atoms with Crippen LogP contribution in [0, 0.1) is 5.92 Å². The Hall–Kier alpha value is -0.730. The number of aliphatic hydroxyl groups excluding tert-OH is 1. The van der Waals surface area contributed by atoms with E-state index < -0.39 is 6.10 Å². The lowest BCUT2D eigenvalue weighted by molar-refractivity contribution is 0.199. The van der Waals surface area contributed by atoms with Crippen LogP contribution < -0.4 is 4.90 Å². The van der Waals surface area contributed by atoms with Gasteiger partial charge in [0.1, 0.15) is 0 Å². The molecule has 0 heterocycles. The summed E-state index contributed by atoms with van der Waals surface area (Å²) >= 11 is 6.19. The Bertz CT molecular complexity index is 390. The van der Waals surface area contributed by atoms with E-state index in [1.54, 1.807) is 6.92 Å². The molecule has 2 unspecified atom stereocenters. The maximum Gasteiger partial charge on any atom is 0.0776 e. The molecule has 0 saturated heterocycles. The molecule has 0 aromatic heterocycles. The van der Waals surface area contributed by atoms with Crippen LogP contribution in [-0.2, 0) is 0 Å². The quantitative estimate of drug-likeness (QED) is 0.863. The number of aliphatic hydroxyl groups is 1. The molecule has 2 nitrogen and oxygen atoms in total. The van der Waals surface area contributed by atoms with Crippen LogP contribution in [0.4, 0.5) is 5.69 Å². The lowest BCUT2D eigenvalue weighted by atomic mass is 10.0. The van der Waals surface area contributed by atoms with Crippen LogP contribution in [0.5, 0.6) is 0 Å². The van der Waals surface area contributed by atoms with Crippen molar-refractivity contribution < 1.29 is 5.11 Å². The number of nitrogens with zero attached hydrogens (tertiary/aromatic N) is 1. The molecule has 0 bridgehead atoms. The van der Waals surface area contributed by atoms with Gasteiger partial charge < -0.3 is 10.0 Å². The van der Waals surface area contributed by atoms with E-state index in [9.17, 15) is 5.11 Å². The minimum Gasteiger partial charge on any atom is -0.389 e. The molecule has 2 atom stereocenters. The van der Waals surface area contributed by atoms with Crippen molar-refractivity contribution in [1.82, 2.24) is 0 Å². The summed E-state index contributed by atoms with van der Waals surface area (Å²) in [6.45, 7) is 8.41. The molecule has 0 aliphatic heterocycles. The fourth-order valence-corrected chi connectivity index (χ4v) is 2.50. The zero-order chi connectivity index (χ0) is 13.9. The van der Waals surface area contributed by atoms with Gasteiger partial charge in [-0.2, -0.15) is 0 Å². The van der Waals surface area contributed by atoms with Gasteiger partial charge in [-0.25, -0.2) is 0 Å². The summed E-state index contributed by atoms with van der Waals surface area (Å²) in [5, 5.41) is 10.2. The van der Waals surface area contributed by atoms with Crippen LogP contribution in [0.15, 0.2) is 18.2 Å². The third-order valence-corrected chi connectivity index (χ3v) is 3.64. The Morgan fingerprint density at radius 1 is 1.22 bits per heavy atom. The standard InChI is InChI=1S/C15H24ClNO/c1-10(2)8-11(3)17(5)13-6-7-14(12(4)18)15(16)9-13/h6-7,9-12,18H,8H2,1-5H3. The van der Waals surface area contributed by atoms with Crippen molar-refractivity contribution in [1.29, 1.82) is 0 Å². The highest BCUT2D eigenvalue weighted by atomic mass is 35.5. The van der Waals surface area contributed by atoms with Crippen molar-refractivity contribution in [3.8, 4) is 0 Å². The van der Waals surface area contributed by atoms with Crippen LogP contribution in [0.3, 0.4) is 0 Å². The number of anilines is 1. The van der Waals surface area contributed by atoms with Gasteiger partial charge in [0.25, 0.3) is 0 Å². The maximum atomic E-state index is 9.56. The molecule has 0 aliphatic carbocycles. The van der Waals surface area contributed by atoms with E-state index in [0.717, 1.165) is 17.7 Å². The Balaban J connectivity index is 2.87. The van der Waals surface area contributed by atoms with Gasteiger partial charge >= 0.3 is 0 Å². The third-order valence-electron chi connectivity index (χ3n) is 3.32. The molecule has 0 spiro atoms. The Labute approximate surface area is 116 Å². The Morgan fingerprint density at radius 2 is 1.83 bits per heavy atom. The van der Waals surface area contributed by atoms with Crippen molar-refractivity contribution in [2.45, 2.75) is 46.3 Å². The number of hydrogen-bond acceptors (Lipinski definition) is 2. The van der Waals surface area contributed by atoms with Crippen molar-refractivity contribution >= 4 is 17.3 Å². The van der Waals surface area contributed by atoms with Gasteiger partial charge in [0, 0.05) is 23.8 Å².